The minimum atomic E-state index is -0.282. The predicted octanol–water partition coefficient (Wildman–Crippen LogP) is 1.97. The van der Waals surface area contributed by atoms with Gasteiger partial charge in [-0.05, 0) is 37.1 Å². The van der Waals surface area contributed by atoms with E-state index in [9.17, 15) is 9.59 Å². The van der Waals surface area contributed by atoms with E-state index in [1.165, 1.54) is 10.8 Å². The average Bonchev–Trinajstić information content (AvgIpc) is 3.27. The smallest absolute Gasteiger partial charge is 0.279 e. The van der Waals surface area contributed by atoms with E-state index in [0.29, 0.717) is 34.4 Å². The van der Waals surface area contributed by atoms with E-state index < -0.39 is 0 Å². The van der Waals surface area contributed by atoms with Crippen molar-refractivity contribution in [3.05, 3.63) is 70.9 Å². The Labute approximate surface area is 194 Å². The minimum Gasteiger partial charge on any atom is -0.379 e. The molecule has 1 amide bonds. The quantitative estimate of drug-likeness (QED) is 0.382. The number of amides is 1. The first kappa shape index (κ1) is 21.6. The summed E-state index contributed by atoms with van der Waals surface area (Å²) in [6, 6.07) is 10.4. The molecule has 4 aromatic rings. The normalized spacial score (nSPS) is 17.2. The molecule has 3 N–H and O–H groups in total. The summed E-state index contributed by atoms with van der Waals surface area (Å²) in [7, 11) is 3.39. The average molecular weight is 460 g/mol. The lowest BCUT2D eigenvalue weighted by Crippen LogP contribution is -2.51. The van der Waals surface area contributed by atoms with Gasteiger partial charge in [-0.3, -0.25) is 14.2 Å². The van der Waals surface area contributed by atoms with Crippen LogP contribution in [0.5, 0.6) is 0 Å². The summed E-state index contributed by atoms with van der Waals surface area (Å²) in [5.41, 5.74) is 0.730. The third-order valence-electron chi connectivity index (χ3n) is 5.91. The van der Waals surface area contributed by atoms with Crippen LogP contribution in [-0.4, -0.2) is 56.4 Å². The molecule has 2 unspecified atom stereocenters. The van der Waals surface area contributed by atoms with Gasteiger partial charge in [0.2, 0.25) is 0 Å². The molecule has 1 aliphatic carbocycles. The predicted molar refractivity (Wildman–Crippen MR) is 127 cm³/mol. The maximum atomic E-state index is 13.1. The third kappa shape index (κ3) is 3.86. The fraction of sp³-hybridized carbons (Fsp3) is 0.261. The number of hydrogen-bond donors (Lipinski definition) is 3. The number of fused-ring (bicyclic) bond motifs is 1. The van der Waals surface area contributed by atoms with Crippen LogP contribution < -0.4 is 21.5 Å². The number of anilines is 3. The molecule has 4 aromatic heterocycles. The summed E-state index contributed by atoms with van der Waals surface area (Å²) < 4.78 is 8.37. The SMILES string of the molecule is CNc1cc(Nc2cccn(-c3ccccn3)c2=O)nc2c(C(=O)NC3CCC3OC)cnn12. The van der Waals surface area contributed by atoms with Gasteiger partial charge in [0.15, 0.2) is 5.65 Å². The molecule has 0 aliphatic heterocycles. The van der Waals surface area contributed by atoms with Crippen LogP contribution >= 0.6 is 0 Å². The van der Waals surface area contributed by atoms with Gasteiger partial charge in [0.25, 0.3) is 11.5 Å². The monoisotopic (exact) mass is 460 g/mol. The number of rotatable bonds is 7. The fourth-order valence-corrected chi connectivity index (χ4v) is 3.93. The molecule has 0 aromatic carbocycles. The minimum absolute atomic E-state index is 0.0169. The molecule has 1 aliphatic rings. The van der Waals surface area contributed by atoms with Gasteiger partial charge in [-0.2, -0.15) is 9.61 Å². The summed E-state index contributed by atoms with van der Waals surface area (Å²) in [6.45, 7) is 0. The molecular weight excluding hydrogens is 436 g/mol. The Morgan fingerprint density at radius 1 is 1.21 bits per heavy atom. The van der Waals surface area contributed by atoms with Crippen molar-refractivity contribution >= 4 is 28.9 Å². The van der Waals surface area contributed by atoms with Crippen molar-refractivity contribution in [2.24, 2.45) is 0 Å². The van der Waals surface area contributed by atoms with Gasteiger partial charge in [0.05, 0.1) is 18.3 Å². The molecule has 4 heterocycles. The van der Waals surface area contributed by atoms with E-state index in [2.05, 4.69) is 31.0 Å². The molecule has 11 nitrogen and oxygen atoms in total. The summed E-state index contributed by atoms with van der Waals surface area (Å²) in [6.07, 6.45) is 6.56. The van der Waals surface area contributed by atoms with Gasteiger partial charge < -0.3 is 20.7 Å². The molecule has 2 atom stereocenters. The van der Waals surface area contributed by atoms with Gasteiger partial charge in [0.1, 0.15) is 28.7 Å². The Hall–Kier alpha value is -4.25. The first-order valence-corrected chi connectivity index (χ1v) is 10.9. The van der Waals surface area contributed by atoms with Crippen LogP contribution in [0.1, 0.15) is 23.2 Å². The van der Waals surface area contributed by atoms with E-state index in [-0.39, 0.29) is 23.6 Å². The Bertz CT molecular complexity index is 1400. The standard InChI is InChI=1S/C23H24N8O3/c1-24-20-12-18(27-16-6-5-11-30(23(16)33)19-7-3-4-10-25-19)29-21-14(13-26-31(20)21)22(32)28-15-8-9-17(15)34-2/h3-7,10-13,15,17,24H,8-9H2,1-2H3,(H,27,29)(H,28,32). The lowest BCUT2D eigenvalue weighted by atomic mass is 9.89. The van der Waals surface area contributed by atoms with Gasteiger partial charge in [-0.15, -0.1) is 0 Å². The van der Waals surface area contributed by atoms with Crippen LogP contribution in [0.25, 0.3) is 11.5 Å². The molecule has 0 bridgehead atoms. The maximum Gasteiger partial charge on any atom is 0.279 e. The number of pyridine rings is 2. The Morgan fingerprint density at radius 3 is 2.79 bits per heavy atom. The van der Waals surface area contributed by atoms with Crippen LogP contribution in [0.3, 0.4) is 0 Å². The number of methoxy groups -OCH3 is 1. The van der Waals surface area contributed by atoms with Gasteiger partial charge in [-0.1, -0.05) is 6.07 Å². The number of carbonyl (C=O) groups is 1. The molecule has 11 heteroatoms. The number of ether oxygens (including phenoxy) is 1. The van der Waals surface area contributed by atoms with Gasteiger partial charge >= 0.3 is 0 Å². The lowest BCUT2D eigenvalue weighted by molar-refractivity contribution is 0.00732. The summed E-state index contributed by atoms with van der Waals surface area (Å²) in [5, 5.41) is 13.4. The molecule has 174 valence electrons. The van der Waals surface area contributed by atoms with Gasteiger partial charge in [0, 0.05) is 32.6 Å². The second-order valence-corrected chi connectivity index (χ2v) is 7.91. The second kappa shape index (κ2) is 8.94. The van der Waals surface area contributed by atoms with E-state index in [1.54, 1.807) is 61.4 Å². The van der Waals surface area contributed by atoms with Crippen molar-refractivity contribution < 1.29 is 9.53 Å². The van der Waals surface area contributed by atoms with E-state index in [4.69, 9.17) is 4.74 Å². The summed E-state index contributed by atoms with van der Waals surface area (Å²) in [4.78, 5) is 34.8. The fourth-order valence-electron chi connectivity index (χ4n) is 3.93. The highest BCUT2D eigenvalue weighted by molar-refractivity contribution is 6.00. The molecule has 0 saturated heterocycles. The highest BCUT2D eigenvalue weighted by Crippen LogP contribution is 2.24. The zero-order valence-corrected chi connectivity index (χ0v) is 18.7. The van der Waals surface area contributed by atoms with E-state index in [0.717, 1.165) is 12.8 Å². The van der Waals surface area contributed by atoms with Crippen molar-refractivity contribution in [2.45, 2.75) is 25.0 Å². The topological polar surface area (TPSA) is 127 Å². The zero-order chi connectivity index (χ0) is 23.7. The van der Waals surface area contributed by atoms with Gasteiger partial charge in [-0.25, -0.2) is 9.97 Å². The van der Waals surface area contributed by atoms with Crippen molar-refractivity contribution in [3.63, 3.8) is 0 Å². The molecule has 1 saturated carbocycles. The Kier molecular flexibility index (Phi) is 5.68. The highest BCUT2D eigenvalue weighted by Gasteiger charge is 2.33. The van der Waals surface area contributed by atoms with Crippen LogP contribution in [0.2, 0.25) is 0 Å². The number of nitrogens with one attached hydrogen (secondary N) is 3. The number of aromatic nitrogens is 5. The number of nitrogens with zero attached hydrogens (tertiary/aromatic N) is 5. The van der Waals surface area contributed by atoms with Crippen molar-refractivity contribution in [1.82, 2.24) is 29.5 Å². The molecule has 0 spiro atoms. The van der Waals surface area contributed by atoms with E-state index >= 15 is 0 Å². The number of carbonyl (C=O) groups excluding carboxylic acids is 1. The summed E-state index contributed by atoms with van der Waals surface area (Å²) in [5.74, 6) is 1.23. The zero-order valence-electron chi connectivity index (χ0n) is 18.7. The first-order valence-electron chi connectivity index (χ1n) is 10.9. The first-order chi connectivity index (χ1) is 16.6. The largest absolute Gasteiger partial charge is 0.379 e. The molecular formula is C23H24N8O3. The third-order valence-corrected chi connectivity index (χ3v) is 5.91. The molecule has 1 fully saturated rings. The number of hydrogen-bond acceptors (Lipinski definition) is 8. The molecule has 5 rings (SSSR count). The van der Waals surface area contributed by atoms with Crippen LogP contribution in [-0.2, 0) is 4.74 Å². The van der Waals surface area contributed by atoms with E-state index in [1.807, 2.05) is 6.07 Å². The van der Waals surface area contributed by atoms with Crippen molar-refractivity contribution in [3.8, 4) is 5.82 Å². The molecule has 34 heavy (non-hydrogen) atoms. The maximum absolute atomic E-state index is 13.1. The Morgan fingerprint density at radius 2 is 2.09 bits per heavy atom. The Balaban J connectivity index is 1.48. The highest BCUT2D eigenvalue weighted by atomic mass is 16.5. The summed E-state index contributed by atoms with van der Waals surface area (Å²) >= 11 is 0. The molecule has 0 radical (unpaired) electrons. The van der Waals surface area contributed by atoms with Crippen molar-refractivity contribution in [2.75, 3.05) is 24.8 Å². The second-order valence-electron chi connectivity index (χ2n) is 7.91. The van der Waals surface area contributed by atoms with Crippen LogP contribution in [0.15, 0.2) is 59.8 Å². The van der Waals surface area contributed by atoms with Crippen LogP contribution in [0, 0.1) is 0 Å². The van der Waals surface area contributed by atoms with Crippen molar-refractivity contribution in [1.29, 1.82) is 0 Å². The van der Waals surface area contributed by atoms with Crippen LogP contribution in [0.4, 0.5) is 17.3 Å². The lowest BCUT2D eigenvalue weighted by Gasteiger charge is -2.35.